The van der Waals surface area contributed by atoms with E-state index in [2.05, 4.69) is 5.32 Å². The highest BCUT2D eigenvalue weighted by Crippen LogP contribution is 2.27. The highest BCUT2D eigenvalue weighted by Gasteiger charge is 2.15. The van der Waals surface area contributed by atoms with Crippen LogP contribution >= 0.6 is 0 Å². The molecule has 4 aromatic rings. The van der Waals surface area contributed by atoms with Gasteiger partial charge in [0.15, 0.2) is 6.61 Å². The van der Waals surface area contributed by atoms with Gasteiger partial charge in [-0.2, -0.15) is 0 Å². The topological polar surface area (TPSA) is 88.8 Å². The fourth-order valence-electron chi connectivity index (χ4n) is 3.08. The molecule has 0 saturated heterocycles. The van der Waals surface area contributed by atoms with Gasteiger partial charge in [0.1, 0.15) is 23.0 Å². The van der Waals surface area contributed by atoms with Crippen LogP contribution in [-0.2, 0) is 11.3 Å². The maximum atomic E-state index is 13.2. The highest BCUT2D eigenvalue weighted by atomic mass is 19.1. The Balaban J connectivity index is 1.45. The van der Waals surface area contributed by atoms with Gasteiger partial charge in [0.05, 0.1) is 11.3 Å². The molecule has 4 rings (SSSR count). The summed E-state index contributed by atoms with van der Waals surface area (Å²) in [6, 6.07) is 16.2. The summed E-state index contributed by atoms with van der Waals surface area (Å²) in [4.78, 5) is 23.2. The number of carboxylic acid groups (broad SMARTS) is 1. The van der Waals surface area contributed by atoms with Gasteiger partial charge in [0.25, 0.3) is 0 Å². The van der Waals surface area contributed by atoms with Gasteiger partial charge in [-0.25, -0.2) is 18.4 Å². The molecule has 0 saturated carbocycles. The van der Waals surface area contributed by atoms with Crippen LogP contribution in [0.4, 0.5) is 19.3 Å². The van der Waals surface area contributed by atoms with E-state index >= 15 is 0 Å². The third-order valence-corrected chi connectivity index (χ3v) is 4.54. The number of ether oxygens (including phenoxy) is 1. The minimum absolute atomic E-state index is 0.0903. The first-order valence-corrected chi connectivity index (χ1v) is 9.14. The molecule has 0 aliphatic rings. The van der Waals surface area contributed by atoms with Crippen molar-refractivity contribution in [2.24, 2.45) is 0 Å². The molecular formula is C23H15F2NO5. The average Bonchev–Trinajstić information content (AvgIpc) is 3.16. The fourth-order valence-corrected chi connectivity index (χ4v) is 3.08. The van der Waals surface area contributed by atoms with E-state index in [9.17, 15) is 18.4 Å². The normalized spacial score (nSPS) is 10.8. The van der Waals surface area contributed by atoms with Gasteiger partial charge in [-0.1, -0.05) is 18.2 Å². The number of nitrogens with one attached hydrogen (secondary N) is 1. The number of hydrogen-bond donors (Lipinski definition) is 2. The van der Waals surface area contributed by atoms with Gasteiger partial charge in [0, 0.05) is 5.39 Å². The number of carbonyl (C=O) groups is 2. The van der Waals surface area contributed by atoms with Crippen molar-refractivity contribution in [3.8, 4) is 11.1 Å². The van der Waals surface area contributed by atoms with Crippen molar-refractivity contribution in [2.75, 3.05) is 5.32 Å². The Bertz CT molecular complexity index is 1280. The van der Waals surface area contributed by atoms with Crippen molar-refractivity contribution in [2.45, 2.75) is 6.61 Å². The number of rotatable bonds is 5. The van der Waals surface area contributed by atoms with E-state index < -0.39 is 23.4 Å². The Labute approximate surface area is 174 Å². The van der Waals surface area contributed by atoms with E-state index in [-0.39, 0.29) is 18.1 Å². The van der Waals surface area contributed by atoms with Gasteiger partial charge >= 0.3 is 12.1 Å². The van der Waals surface area contributed by atoms with E-state index in [0.717, 1.165) is 34.7 Å². The predicted molar refractivity (Wildman–Crippen MR) is 109 cm³/mol. The Kier molecular flexibility index (Phi) is 5.36. The number of furan rings is 1. The molecule has 0 aliphatic carbocycles. The van der Waals surface area contributed by atoms with Crippen molar-refractivity contribution >= 4 is 28.7 Å². The highest BCUT2D eigenvalue weighted by molar-refractivity contribution is 5.98. The first-order valence-electron chi connectivity index (χ1n) is 9.14. The van der Waals surface area contributed by atoms with Gasteiger partial charge in [-0.05, 0) is 59.7 Å². The zero-order valence-corrected chi connectivity index (χ0v) is 15.9. The molecule has 0 atom stereocenters. The lowest BCUT2D eigenvalue weighted by Gasteiger charge is -2.08. The van der Waals surface area contributed by atoms with Crippen LogP contribution in [0.5, 0.6) is 0 Å². The fraction of sp³-hybridized carbons (Fsp3) is 0.0435. The molecule has 0 unspecified atom stereocenters. The maximum Gasteiger partial charge on any atom is 0.412 e. The number of fused-ring (bicyclic) bond motifs is 1. The van der Waals surface area contributed by atoms with Crippen LogP contribution in [0.2, 0.25) is 0 Å². The number of benzene rings is 3. The summed E-state index contributed by atoms with van der Waals surface area (Å²) in [5, 5.41) is 12.2. The Morgan fingerprint density at radius 2 is 1.61 bits per heavy atom. The molecule has 0 aliphatic heterocycles. The summed E-state index contributed by atoms with van der Waals surface area (Å²) in [7, 11) is 0. The molecule has 0 fully saturated rings. The lowest BCUT2D eigenvalue weighted by atomic mass is 10.0. The van der Waals surface area contributed by atoms with E-state index in [1.54, 1.807) is 24.3 Å². The lowest BCUT2D eigenvalue weighted by Crippen LogP contribution is -2.16. The van der Waals surface area contributed by atoms with Crippen LogP contribution in [0, 0.1) is 11.6 Å². The van der Waals surface area contributed by atoms with Crippen LogP contribution in [0.15, 0.2) is 71.1 Å². The average molecular weight is 423 g/mol. The second kappa shape index (κ2) is 8.27. The van der Waals surface area contributed by atoms with E-state index in [0.29, 0.717) is 11.3 Å². The largest absolute Gasteiger partial charge is 0.478 e. The number of halogens is 2. The molecule has 0 spiro atoms. The van der Waals surface area contributed by atoms with Crippen LogP contribution < -0.4 is 5.32 Å². The van der Waals surface area contributed by atoms with Crippen LogP contribution in [-0.4, -0.2) is 17.2 Å². The van der Waals surface area contributed by atoms with Crippen molar-refractivity contribution in [1.29, 1.82) is 0 Å². The molecule has 1 heterocycles. The van der Waals surface area contributed by atoms with Crippen molar-refractivity contribution in [3.05, 3.63) is 89.7 Å². The molecule has 3 aromatic carbocycles. The standard InChI is InChI=1S/C23H15F2NO5/c24-16-4-1-13(2-5-16)14-3-8-21-15(9-14)10-18(31-21)12-30-23(29)26-20-7-6-17(25)11-19(20)22(27)28/h1-11H,12H2,(H,26,29)(H,27,28). The molecule has 2 N–H and O–H groups in total. The molecule has 0 radical (unpaired) electrons. The lowest BCUT2D eigenvalue weighted by molar-refractivity contribution is 0.0697. The second-order valence-electron chi connectivity index (χ2n) is 6.67. The summed E-state index contributed by atoms with van der Waals surface area (Å²) >= 11 is 0. The number of carbonyl (C=O) groups excluding carboxylic acids is 1. The smallest absolute Gasteiger partial charge is 0.412 e. The number of aromatic carboxylic acids is 1. The molecule has 1 amide bonds. The van der Waals surface area contributed by atoms with Crippen LogP contribution in [0.3, 0.4) is 0 Å². The first kappa shape index (κ1) is 20.1. The van der Waals surface area contributed by atoms with E-state index in [1.165, 1.54) is 12.1 Å². The Hall–Kier alpha value is -4.20. The molecule has 8 heteroatoms. The zero-order chi connectivity index (χ0) is 22.0. The van der Waals surface area contributed by atoms with Gasteiger partial charge in [-0.3, -0.25) is 5.32 Å². The third-order valence-electron chi connectivity index (χ3n) is 4.54. The third kappa shape index (κ3) is 4.53. The molecule has 0 bridgehead atoms. The van der Waals surface area contributed by atoms with E-state index in [1.807, 2.05) is 12.1 Å². The van der Waals surface area contributed by atoms with Crippen molar-refractivity contribution < 1.29 is 32.6 Å². The van der Waals surface area contributed by atoms with Crippen LogP contribution in [0.25, 0.3) is 22.1 Å². The van der Waals surface area contributed by atoms with Crippen molar-refractivity contribution in [1.82, 2.24) is 0 Å². The molecule has 156 valence electrons. The second-order valence-corrected chi connectivity index (χ2v) is 6.67. The van der Waals surface area contributed by atoms with Gasteiger partial charge in [0.2, 0.25) is 0 Å². The minimum atomic E-state index is -1.39. The van der Waals surface area contributed by atoms with Crippen LogP contribution in [0.1, 0.15) is 16.1 Å². The summed E-state index contributed by atoms with van der Waals surface area (Å²) in [5.74, 6) is -2.07. The summed E-state index contributed by atoms with van der Waals surface area (Å²) in [6.45, 7) is -0.198. The monoisotopic (exact) mass is 423 g/mol. The molecule has 6 nitrogen and oxygen atoms in total. The zero-order valence-electron chi connectivity index (χ0n) is 15.9. The first-order chi connectivity index (χ1) is 14.9. The SMILES string of the molecule is O=C(Nc1ccc(F)cc1C(=O)O)OCc1cc2cc(-c3ccc(F)cc3)ccc2o1. The van der Waals surface area contributed by atoms with Gasteiger partial charge in [-0.15, -0.1) is 0 Å². The Morgan fingerprint density at radius 1 is 0.903 bits per heavy atom. The van der Waals surface area contributed by atoms with E-state index in [4.69, 9.17) is 14.3 Å². The number of anilines is 1. The molecular weight excluding hydrogens is 408 g/mol. The maximum absolute atomic E-state index is 13.2. The summed E-state index contributed by atoms with van der Waals surface area (Å²) < 4.78 is 37.1. The molecule has 1 aromatic heterocycles. The molecule has 31 heavy (non-hydrogen) atoms. The minimum Gasteiger partial charge on any atom is -0.478 e. The van der Waals surface area contributed by atoms with Gasteiger partial charge < -0.3 is 14.3 Å². The summed E-state index contributed by atoms with van der Waals surface area (Å²) in [5.41, 5.74) is 1.81. The predicted octanol–water partition coefficient (Wildman–Crippen LogP) is 5.82. The van der Waals surface area contributed by atoms with Crippen molar-refractivity contribution in [3.63, 3.8) is 0 Å². The summed E-state index contributed by atoms with van der Waals surface area (Å²) in [6.07, 6.45) is -0.915. The number of hydrogen-bond acceptors (Lipinski definition) is 4. The Morgan fingerprint density at radius 3 is 2.35 bits per heavy atom. The number of carboxylic acids is 1. The quantitative estimate of drug-likeness (QED) is 0.422. The number of amides is 1.